The fourth-order valence-electron chi connectivity index (χ4n) is 1.60. The molecule has 0 saturated carbocycles. The number of hydrogen-bond acceptors (Lipinski definition) is 3. The molecule has 22 heavy (non-hydrogen) atoms. The predicted octanol–water partition coefficient (Wildman–Crippen LogP) is 3.85. The lowest BCUT2D eigenvalue weighted by Gasteiger charge is -2.36. The van der Waals surface area contributed by atoms with Crippen LogP contribution in [0.5, 0.6) is 5.75 Å². The van der Waals surface area contributed by atoms with E-state index in [1.54, 1.807) is 0 Å². The Morgan fingerprint density at radius 1 is 1.18 bits per heavy atom. The summed E-state index contributed by atoms with van der Waals surface area (Å²) >= 11 is 0. The van der Waals surface area contributed by atoms with Crippen LogP contribution in [0.3, 0.4) is 0 Å². The first-order valence-corrected chi connectivity index (χ1v) is 10.7. The summed E-state index contributed by atoms with van der Waals surface area (Å²) in [6, 6.07) is 7.93. The molecule has 1 amide bonds. The van der Waals surface area contributed by atoms with E-state index in [9.17, 15) is 4.79 Å². The van der Waals surface area contributed by atoms with Gasteiger partial charge in [-0.05, 0) is 42.2 Å². The van der Waals surface area contributed by atoms with Crippen LogP contribution in [0.25, 0.3) is 0 Å². The van der Waals surface area contributed by atoms with Crippen molar-refractivity contribution in [1.82, 2.24) is 0 Å². The number of amides is 1. The van der Waals surface area contributed by atoms with Crippen LogP contribution >= 0.6 is 0 Å². The lowest BCUT2D eigenvalue weighted by molar-refractivity contribution is -0.118. The Balaban J connectivity index is 2.43. The first-order valence-electron chi connectivity index (χ1n) is 7.76. The van der Waals surface area contributed by atoms with Gasteiger partial charge in [0, 0.05) is 6.42 Å². The number of nitrogens with two attached hydrogens (primary N) is 1. The van der Waals surface area contributed by atoms with Gasteiger partial charge in [0.1, 0.15) is 5.75 Å². The molecule has 0 spiro atoms. The highest BCUT2D eigenvalue weighted by Crippen LogP contribution is 2.37. The highest BCUT2D eigenvalue weighted by Gasteiger charge is 2.36. The molecule has 0 heterocycles. The van der Waals surface area contributed by atoms with E-state index in [1.807, 2.05) is 24.3 Å². The highest BCUT2D eigenvalue weighted by atomic mass is 28.4. The minimum atomic E-state index is -1.71. The van der Waals surface area contributed by atoms with E-state index in [4.69, 9.17) is 14.9 Å². The number of carbonyl (C=O) groups excluding carboxylic acids is 1. The van der Waals surface area contributed by atoms with Crippen molar-refractivity contribution in [3.05, 3.63) is 29.8 Å². The number of benzene rings is 1. The standard InChI is InChI=1S/C17H29NO3Si/c1-17(2,3)22(4,5)21-13-14-8-10-15(11-9-14)20-12-6-7-16(18)19/h8-11H,6-7,12-13H2,1-5H3,(H2,18,19). The number of rotatable bonds is 8. The van der Waals surface area contributed by atoms with Crippen molar-refractivity contribution in [2.45, 2.75) is 58.4 Å². The van der Waals surface area contributed by atoms with Crippen LogP contribution < -0.4 is 10.5 Å². The molecule has 0 saturated heterocycles. The van der Waals surface area contributed by atoms with Gasteiger partial charge in [0.25, 0.3) is 0 Å². The molecule has 0 unspecified atom stereocenters. The van der Waals surface area contributed by atoms with Crippen molar-refractivity contribution in [1.29, 1.82) is 0 Å². The number of carbonyl (C=O) groups is 1. The Labute approximate surface area is 135 Å². The molecule has 4 nitrogen and oxygen atoms in total. The summed E-state index contributed by atoms with van der Waals surface area (Å²) in [7, 11) is -1.71. The zero-order valence-corrected chi connectivity index (χ0v) is 15.4. The van der Waals surface area contributed by atoms with Crippen LogP contribution in [-0.2, 0) is 15.8 Å². The Hall–Kier alpha value is -1.33. The van der Waals surface area contributed by atoms with Gasteiger partial charge in [-0.25, -0.2) is 0 Å². The summed E-state index contributed by atoms with van der Waals surface area (Å²) in [6.07, 6.45) is 1.00. The van der Waals surface area contributed by atoms with E-state index < -0.39 is 8.32 Å². The van der Waals surface area contributed by atoms with Gasteiger partial charge in [-0.15, -0.1) is 0 Å². The largest absolute Gasteiger partial charge is 0.494 e. The third-order valence-electron chi connectivity index (χ3n) is 4.17. The topological polar surface area (TPSA) is 61.6 Å². The molecule has 0 aliphatic rings. The monoisotopic (exact) mass is 323 g/mol. The van der Waals surface area contributed by atoms with Gasteiger partial charge in [-0.1, -0.05) is 32.9 Å². The Morgan fingerprint density at radius 3 is 2.27 bits per heavy atom. The van der Waals surface area contributed by atoms with Crippen molar-refractivity contribution in [3.8, 4) is 5.75 Å². The lowest BCUT2D eigenvalue weighted by Crippen LogP contribution is -2.40. The maximum Gasteiger partial charge on any atom is 0.217 e. The third kappa shape index (κ3) is 6.20. The number of hydrogen-bond donors (Lipinski definition) is 1. The van der Waals surface area contributed by atoms with Crippen molar-refractivity contribution in [2.75, 3.05) is 6.61 Å². The van der Waals surface area contributed by atoms with Crippen molar-refractivity contribution < 1.29 is 14.0 Å². The number of primary amides is 1. The van der Waals surface area contributed by atoms with E-state index in [1.165, 1.54) is 0 Å². The van der Waals surface area contributed by atoms with E-state index in [0.29, 0.717) is 26.1 Å². The van der Waals surface area contributed by atoms with Crippen molar-refractivity contribution in [3.63, 3.8) is 0 Å². The first-order chi connectivity index (χ1) is 10.1. The lowest BCUT2D eigenvalue weighted by atomic mass is 10.2. The quantitative estimate of drug-likeness (QED) is 0.584. The van der Waals surface area contributed by atoms with E-state index in [2.05, 4.69) is 33.9 Å². The zero-order chi connectivity index (χ0) is 16.8. The Bertz CT molecular complexity index is 478. The van der Waals surface area contributed by atoms with Gasteiger partial charge >= 0.3 is 0 Å². The minimum Gasteiger partial charge on any atom is -0.494 e. The molecule has 1 rings (SSSR count). The molecule has 5 heteroatoms. The van der Waals surface area contributed by atoms with Gasteiger partial charge in [0.2, 0.25) is 5.91 Å². The highest BCUT2D eigenvalue weighted by molar-refractivity contribution is 6.74. The molecular weight excluding hydrogens is 294 g/mol. The summed E-state index contributed by atoms with van der Waals surface area (Å²) in [4.78, 5) is 10.6. The van der Waals surface area contributed by atoms with E-state index in [0.717, 1.165) is 11.3 Å². The molecule has 0 fully saturated rings. The Kier molecular flexibility index (Phi) is 6.62. The Morgan fingerprint density at radius 2 is 1.77 bits per heavy atom. The predicted molar refractivity (Wildman–Crippen MR) is 92.4 cm³/mol. The first kappa shape index (κ1) is 18.7. The molecule has 2 N–H and O–H groups in total. The fraction of sp³-hybridized carbons (Fsp3) is 0.588. The van der Waals surface area contributed by atoms with Crippen LogP contribution in [0.1, 0.15) is 39.2 Å². The summed E-state index contributed by atoms with van der Waals surface area (Å²) in [5.74, 6) is 0.516. The second-order valence-corrected chi connectivity index (χ2v) is 11.9. The molecule has 1 aromatic carbocycles. The molecule has 0 aliphatic heterocycles. The molecule has 0 atom stereocenters. The molecule has 0 radical (unpaired) electrons. The summed E-state index contributed by atoms with van der Waals surface area (Å²) in [6.45, 7) is 12.4. The van der Waals surface area contributed by atoms with E-state index in [-0.39, 0.29) is 10.9 Å². The van der Waals surface area contributed by atoms with Crippen molar-refractivity contribution in [2.24, 2.45) is 5.73 Å². The van der Waals surface area contributed by atoms with Gasteiger partial charge in [-0.3, -0.25) is 4.79 Å². The van der Waals surface area contributed by atoms with Crippen LogP contribution in [0.4, 0.5) is 0 Å². The molecule has 1 aromatic rings. The van der Waals surface area contributed by atoms with Gasteiger partial charge < -0.3 is 14.9 Å². The smallest absolute Gasteiger partial charge is 0.217 e. The number of ether oxygens (including phenoxy) is 1. The molecular formula is C17H29NO3Si. The SMILES string of the molecule is CC(C)(C)[Si](C)(C)OCc1ccc(OCCCC(N)=O)cc1. The average Bonchev–Trinajstić information content (AvgIpc) is 2.41. The molecule has 0 aromatic heterocycles. The van der Waals surface area contributed by atoms with Gasteiger partial charge in [-0.2, -0.15) is 0 Å². The zero-order valence-electron chi connectivity index (χ0n) is 14.4. The van der Waals surface area contributed by atoms with Crippen LogP contribution in [0.2, 0.25) is 18.1 Å². The van der Waals surface area contributed by atoms with Gasteiger partial charge in [0.15, 0.2) is 8.32 Å². The second-order valence-electron chi connectivity index (χ2n) is 7.11. The van der Waals surface area contributed by atoms with Crippen LogP contribution in [-0.4, -0.2) is 20.8 Å². The minimum absolute atomic E-state index is 0.219. The fourth-order valence-corrected chi connectivity index (χ4v) is 2.56. The van der Waals surface area contributed by atoms with Crippen LogP contribution in [0.15, 0.2) is 24.3 Å². The maximum absolute atomic E-state index is 10.6. The third-order valence-corrected chi connectivity index (χ3v) is 8.64. The summed E-state index contributed by atoms with van der Waals surface area (Å²) in [5, 5.41) is 0.219. The van der Waals surface area contributed by atoms with Gasteiger partial charge in [0.05, 0.1) is 13.2 Å². The molecule has 0 bridgehead atoms. The van der Waals surface area contributed by atoms with E-state index >= 15 is 0 Å². The molecule has 0 aliphatic carbocycles. The van der Waals surface area contributed by atoms with Crippen LogP contribution in [0, 0.1) is 0 Å². The summed E-state index contributed by atoms with van der Waals surface area (Å²) in [5.41, 5.74) is 6.23. The maximum atomic E-state index is 10.6. The average molecular weight is 324 g/mol. The molecule has 124 valence electrons. The normalized spacial score (nSPS) is 12.2. The second kappa shape index (κ2) is 7.79. The van der Waals surface area contributed by atoms with Crippen molar-refractivity contribution >= 4 is 14.2 Å². The summed E-state index contributed by atoms with van der Waals surface area (Å²) < 4.78 is 11.8.